The van der Waals surface area contributed by atoms with E-state index >= 15 is 0 Å². The van der Waals surface area contributed by atoms with Crippen LogP contribution < -0.4 is 32.3 Å². The molecule has 1 aliphatic heterocycles. The number of carbonyl (C=O) groups excluding carboxylic acids is 13. The van der Waals surface area contributed by atoms with Crippen molar-refractivity contribution in [1.29, 1.82) is 0 Å². The molecule has 31 nitrogen and oxygen atoms in total. The van der Waals surface area contributed by atoms with Gasteiger partial charge < -0.3 is 67.5 Å². The van der Waals surface area contributed by atoms with Crippen LogP contribution in [0, 0.1) is 29.6 Å². The van der Waals surface area contributed by atoms with E-state index in [1.807, 2.05) is 13.8 Å². The summed E-state index contributed by atoms with van der Waals surface area (Å²) in [7, 11) is 1.45. The molecule has 0 unspecified atom stereocenters. The van der Waals surface area contributed by atoms with Gasteiger partial charge in [-0.15, -0.1) is 0 Å². The molecule has 32 heteroatoms. The highest BCUT2D eigenvalue weighted by molar-refractivity contribution is 7.98. The van der Waals surface area contributed by atoms with Crippen LogP contribution in [0.15, 0.2) is 24.3 Å². The Hall–Kier alpha value is -8.65. The molecular formula is C67H97N7O24S. The maximum absolute atomic E-state index is 14.4. The Bertz CT molecular complexity index is 3050. The van der Waals surface area contributed by atoms with E-state index in [2.05, 4.69) is 26.6 Å². The fourth-order valence-electron chi connectivity index (χ4n) is 11.0. The average Bonchev–Trinajstić information content (AvgIpc) is 1.78. The number of hydrogen-bond donors (Lipinski definition) is 11. The molecular weight excluding hydrogens is 1320 g/mol. The van der Waals surface area contributed by atoms with E-state index < -0.39 is 232 Å². The third-order valence-corrected chi connectivity index (χ3v) is 17.3. The number of nitrogens with two attached hydrogens (primary N) is 1. The van der Waals surface area contributed by atoms with E-state index in [-0.39, 0.29) is 100 Å². The Morgan fingerprint density at radius 1 is 0.556 bits per heavy atom. The molecule has 6 amide bonds. The summed E-state index contributed by atoms with van der Waals surface area (Å²) in [6, 6.07) is -1.43. The molecule has 0 aliphatic carbocycles. The first-order valence-electron chi connectivity index (χ1n) is 33.0. The number of carboxylic acids is 5. The highest BCUT2D eigenvalue weighted by Gasteiger charge is 2.38. The third-order valence-electron chi connectivity index (χ3n) is 16.7. The topological polar surface area (TPSA) is 507 Å². The number of hydrogen-bond acceptors (Lipinski definition) is 21. The number of carbonyl (C=O) groups is 18. The van der Waals surface area contributed by atoms with Gasteiger partial charge in [-0.25, -0.2) is 0 Å². The smallest absolute Gasteiger partial charge is 0.303 e. The number of rotatable bonds is 53. The van der Waals surface area contributed by atoms with Crippen LogP contribution >= 0.6 is 11.8 Å². The second-order valence-electron chi connectivity index (χ2n) is 25.2. The summed E-state index contributed by atoms with van der Waals surface area (Å²) in [4.78, 5) is 234. The van der Waals surface area contributed by atoms with Gasteiger partial charge in [-0.2, -0.15) is 11.8 Å². The highest BCUT2D eigenvalue weighted by Crippen LogP contribution is 2.25. The van der Waals surface area contributed by atoms with Crippen LogP contribution in [0.5, 0.6) is 0 Å². The summed E-state index contributed by atoms with van der Waals surface area (Å²) < 4.78 is 5.68. The second kappa shape index (κ2) is 45.1. The van der Waals surface area contributed by atoms with E-state index in [0.29, 0.717) is 17.5 Å². The van der Waals surface area contributed by atoms with Gasteiger partial charge in [-0.1, -0.05) is 45.0 Å². The van der Waals surface area contributed by atoms with Crippen molar-refractivity contribution in [2.45, 2.75) is 205 Å². The van der Waals surface area contributed by atoms with E-state index in [1.54, 1.807) is 13.2 Å². The summed E-state index contributed by atoms with van der Waals surface area (Å²) in [6.45, 7) is 6.03. The maximum Gasteiger partial charge on any atom is 0.303 e. The number of nitrogens with one attached hydrogen (secondary N) is 5. The molecule has 99 heavy (non-hydrogen) atoms. The zero-order valence-electron chi connectivity index (χ0n) is 57.0. The molecule has 12 N–H and O–H groups in total. The molecule has 550 valence electrons. The molecule has 1 heterocycles. The quantitative estimate of drug-likeness (QED) is 0.0329. The normalized spacial score (nSPS) is 15.4. The molecule has 0 bridgehead atoms. The molecule has 2 rings (SSSR count). The summed E-state index contributed by atoms with van der Waals surface area (Å²) in [5.74, 6) is -20.6. The number of likely N-dealkylation sites (tertiary alicyclic amines) is 1. The fraction of sp³-hybridized carbons (Fsp3) is 0.642. The van der Waals surface area contributed by atoms with Gasteiger partial charge in [0, 0.05) is 132 Å². The summed E-state index contributed by atoms with van der Waals surface area (Å²) in [5, 5.41) is 60.2. The summed E-state index contributed by atoms with van der Waals surface area (Å²) in [5.41, 5.74) is 6.60. The molecule has 0 saturated carbocycles. The Kier molecular flexibility index (Phi) is 39.4. The van der Waals surface area contributed by atoms with Gasteiger partial charge in [-0.05, 0) is 88.9 Å². The average molecular weight is 1420 g/mol. The Morgan fingerprint density at radius 2 is 1.06 bits per heavy atom. The number of nitrogens with zero attached hydrogens (tertiary/aromatic N) is 1. The van der Waals surface area contributed by atoms with E-state index in [1.165, 1.54) is 54.9 Å². The van der Waals surface area contributed by atoms with Crippen molar-refractivity contribution in [2.24, 2.45) is 35.3 Å². The van der Waals surface area contributed by atoms with Crippen LogP contribution in [0.3, 0.4) is 0 Å². The number of amides is 6. The van der Waals surface area contributed by atoms with Gasteiger partial charge >= 0.3 is 29.8 Å². The first-order valence-corrected chi connectivity index (χ1v) is 34.4. The van der Waals surface area contributed by atoms with Crippen LogP contribution in [0.1, 0.15) is 178 Å². The maximum atomic E-state index is 14.4. The van der Waals surface area contributed by atoms with Crippen molar-refractivity contribution < 1.29 is 117 Å². The first kappa shape index (κ1) is 86.4. The zero-order valence-corrected chi connectivity index (χ0v) is 57.8. The van der Waals surface area contributed by atoms with Crippen LogP contribution in [0.25, 0.3) is 0 Å². The Balaban J connectivity index is 2.32. The lowest BCUT2D eigenvalue weighted by atomic mass is 9.84. The number of benzene rings is 1. The van der Waals surface area contributed by atoms with Crippen molar-refractivity contribution in [1.82, 2.24) is 31.5 Å². The number of ether oxygens (including phenoxy) is 1. The number of thioether (sulfide) groups is 1. The van der Waals surface area contributed by atoms with Gasteiger partial charge in [0.15, 0.2) is 28.9 Å². The highest BCUT2D eigenvalue weighted by atomic mass is 32.2. The van der Waals surface area contributed by atoms with E-state index in [9.17, 15) is 107 Å². The largest absolute Gasteiger partial charge is 0.481 e. The molecule has 0 spiro atoms. The number of Topliss-reactive ketones (excluding diaryl/α,β-unsaturated/α-hetero) is 7. The van der Waals surface area contributed by atoms with Crippen LogP contribution in [-0.4, -0.2) is 211 Å². The van der Waals surface area contributed by atoms with Crippen molar-refractivity contribution in [3.8, 4) is 0 Å². The number of ketones is 7. The van der Waals surface area contributed by atoms with Crippen molar-refractivity contribution in [3.63, 3.8) is 0 Å². The van der Waals surface area contributed by atoms with Crippen LogP contribution in [0.4, 0.5) is 0 Å². The molecule has 0 radical (unpaired) electrons. The molecule has 0 aromatic heterocycles. The molecule has 1 saturated heterocycles. The van der Waals surface area contributed by atoms with Gasteiger partial charge in [0.25, 0.3) is 0 Å². The molecule has 1 aliphatic rings. The van der Waals surface area contributed by atoms with Gasteiger partial charge in [0.2, 0.25) is 35.4 Å². The number of aliphatic carboxylic acids is 5. The molecule has 1 fully saturated rings. The molecule has 1 aromatic carbocycles. The third kappa shape index (κ3) is 33.6. The molecule has 1 aromatic rings. The minimum Gasteiger partial charge on any atom is -0.481 e. The first-order chi connectivity index (χ1) is 46.6. The lowest BCUT2D eigenvalue weighted by molar-refractivity contribution is -0.142. The monoisotopic (exact) mass is 1420 g/mol. The van der Waals surface area contributed by atoms with Crippen molar-refractivity contribution in [3.05, 3.63) is 35.4 Å². The standard InChI is InChI=1S/C67H97N7O24S/c1-37(2)29-47(52(77)20-21-57(82)70-49(36-99-6)55(80)30-38(3)64(94)69-5)73-67(97)50-9-7-27-74(50)58(83)35-98-28-8-10-51(76)48(31-40-11-13-41(14-12-40)39(4)75)72-66(96)44(17-24-61(88)89)34-56(81)46(19-26-63(92)93)71-65(95)43(16-23-60(86)87)33-53(78)42(15-22-59(84)85)32-54(79)45(68)18-25-62(90)91/h11-14,37-38,42-50H,7-10,15-36,68H2,1-6H3,(H,69,94)(H,70,82)(H,71,95)(H,72,96)(H,73,97)(H,84,85)(H,86,87)(H,88,89)(H,90,91)(H,92,93)/t38-,42+,43+,44+,45-,46-,47+,48+,49+,50+/m1/s1. The lowest BCUT2D eigenvalue weighted by Crippen LogP contribution is -2.52. The van der Waals surface area contributed by atoms with Crippen molar-refractivity contribution >= 4 is 118 Å². The summed E-state index contributed by atoms with van der Waals surface area (Å²) in [6.07, 6.45) is -6.83. The predicted molar refractivity (Wildman–Crippen MR) is 354 cm³/mol. The lowest BCUT2D eigenvalue weighted by Gasteiger charge is -2.27. The SMILES string of the molecule is CNC(=O)[C@H](C)CC(=O)[C@H](CSC)NC(=O)CCC(=O)[C@H](CC(C)C)NC(=O)[C@@H]1CCCN1C(=O)COCCCC(=O)[C@H](Cc1ccc(C(C)=O)cc1)NC(=O)[C@@H](CCC(=O)O)CC(=O)[C@@H](CCC(=O)O)NC(=O)[C@@H](CCC(=O)O)CC(=O)[C@@H](CCC(=O)O)CC(=O)[C@H](N)CCC(=O)O. The minimum absolute atomic E-state index is 0.0388. The van der Waals surface area contributed by atoms with E-state index in [4.69, 9.17) is 15.6 Å². The van der Waals surface area contributed by atoms with Gasteiger partial charge in [-0.3, -0.25) is 86.3 Å². The second-order valence-corrected chi connectivity index (χ2v) is 26.1. The predicted octanol–water partition coefficient (Wildman–Crippen LogP) is 2.20. The van der Waals surface area contributed by atoms with Gasteiger partial charge in [0.05, 0.1) is 30.2 Å². The Labute approximate surface area is 578 Å². The summed E-state index contributed by atoms with van der Waals surface area (Å²) >= 11 is 1.31. The van der Waals surface area contributed by atoms with Crippen molar-refractivity contribution in [2.75, 3.05) is 38.8 Å². The fourth-order valence-corrected chi connectivity index (χ4v) is 11.6. The number of carboxylic acid groups (broad SMARTS) is 5. The Morgan fingerprint density at radius 3 is 1.60 bits per heavy atom. The van der Waals surface area contributed by atoms with Crippen LogP contribution in [0.2, 0.25) is 0 Å². The molecule has 10 atom stereocenters. The van der Waals surface area contributed by atoms with Crippen LogP contribution in [-0.2, 0) is 92.7 Å². The zero-order chi connectivity index (χ0) is 74.6. The minimum atomic E-state index is -1.77. The van der Waals surface area contributed by atoms with Gasteiger partial charge in [0.1, 0.15) is 24.2 Å². The van der Waals surface area contributed by atoms with E-state index in [0.717, 1.165) is 0 Å².